The van der Waals surface area contributed by atoms with Gasteiger partial charge in [-0.15, -0.1) is 0 Å². The van der Waals surface area contributed by atoms with Gasteiger partial charge < -0.3 is 10.6 Å². The molecule has 0 fully saturated rings. The molecular formula is C20H26FN3O3S. The Morgan fingerprint density at radius 1 is 1.07 bits per heavy atom. The zero-order valence-electron chi connectivity index (χ0n) is 16.3. The van der Waals surface area contributed by atoms with Crippen LogP contribution in [0.15, 0.2) is 53.4 Å². The highest BCUT2D eigenvalue weighted by atomic mass is 32.2. The molecule has 0 aliphatic rings. The van der Waals surface area contributed by atoms with E-state index in [1.807, 2.05) is 6.92 Å². The van der Waals surface area contributed by atoms with Crippen LogP contribution >= 0.6 is 0 Å². The van der Waals surface area contributed by atoms with Crippen LogP contribution in [0.5, 0.6) is 0 Å². The van der Waals surface area contributed by atoms with Crippen molar-refractivity contribution in [3.63, 3.8) is 0 Å². The predicted octanol–water partition coefficient (Wildman–Crippen LogP) is 3.15. The van der Waals surface area contributed by atoms with Gasteiger partial charge in [-0.2, -0.15) is 4.31 Å². The zero-order valence-corrected chi connectivity index (χ0v) is 17.1. The van der Waals surface area contributed by atoms with Gasteiger partial charge in [-0.25, -0.2) is 12.8 Å². The van der Waals surface area contributed by atoms with Crippen LogP contribution in [0, 0.1) is 5.82 Å². The minimum absolute atomic E-state index is 0.00496. The van der Waals surface area contributed by atoms with E-state index in [9.17, 15) is 17.6 Å². The van der Waals surface area contributed by atoms with Crippen LogP contribution in [0.3, 0.4) is 0 Å². The fourth-order valence-electron chi connectivity index (χ4n) is 2.76. The van der Waals surface area contributed by atoms with Crippen molar-refractivity contribution in [3.8, 4) is 0 Å². The van der Waals surface area contributed by atoms with Crippen molar-refractivity contribution in [2.45, 2.75) is 31.7 Å². The van der Waals surface area contributed by atoms with Gasteiger partial charge in [0.1, 0.15) is 5.82 Å². The lowest BCUT2D eigenvalue weighted by atomic mass is 10.1. The summed E-state index contributed by atoms with van der Waals surface area (Å²) in [5, 5.41) is 5.56. The first kappa shape index (κ1) is 22.0. The molecule has 28 heavy (non-hydrogen) atoms. The van der Waals surface area contributed by atoms with Crippen LogP contribution < -0.4 is 10.6 Å². The van der Waals surface area contributed by atoms with Gasteiger partial charge >= 0.3 is 0 Å². The fourth-order valence-corrected chi connectivity index (χ4v) is 4.22. The second kappa shape index (κ2) is 9.77. The van der Waals surface area contributed by atoms with Gasteiger partial charge in [0.2, 0.25) is 15.9 Å². The minimum atomic E-state index is -3.49. The van der Waals surface area contributed by atoms with Crippen LogP contribution in [0.25, 0.3) is 0 Å². The SMILES string of the molecule is CCN(CC)S(=O)(=O)c1ccc([C@@H](C)NCC(=O)Nc2ccccc2F)cc1. The van der Waals surface area contributed by atoms with Crippen LogP contribution in [0.4, 0.5) is 10.1 Å². The molecule has 2 aromatic carbocycles. The molecule has 0 heterocycles. The molecule has 0 radical (unpaired) electrons. The van der Waals surface area contributed by atoms with E-state index in [0.717, 1.165) is 5.56 Å². The number of carbonyl (C=O) groups is 1. The van der Waals surface area contributed by atoms with Gasteiger partial charge in [0.25, 0.3) is 0 Å². The van der Waals surface area contributed by atoms with Crippen LogP contribution in [0.2, 0.25) is 0 Å². The Morgan fingerprint density at radius 2 is 1.68 bits per heavy atom. The molecule has 0 aromatic heterocycles. The Hall–Kier alpha value is -2.29. The number of hydrogen-bond acceptors (Lipinski definition) is 4. The number of anilines is 1. The van der Waals surface area contributed by atoms with Crippen LogP contribution in [-0.4, -0.2) is 38.3 Å². The van der Waals surface area contributed by atoms with E-state index >= 15 is 0 Å². The van der Waals surface area contributed by atoms with Gasteiger partial charge in [0.15, 0.2) is 0 Å². The molecule has 0 unspecified atom stereocenters. The Kier molecular flexibility index (Phi) is 7.68. The zero-order chi connectivity index (χ0) is 20.7. The first-order valence-electron chi connectivity index (χ1n) is 9.17. The van der Waals surface area contributed by atoms with E-state index in [-0.39, 0.29) is 29.1 Å². The number of para-hydroxylation sites is 1. The summed E-state index contributed by atoms with van der Waals surface area (Å²) >= 11 is 0. The molecule has 0 aliphatic carbocycles. The summed E-state index contributed by atoms with van der Waals surface area (Å²) in [4.78, 5) is 12.2. The van der Waals surface area contributed by atoms with Crippen molar-refractivity contribution in [1.29, 1.82) is 0 Å². The monoisotopic (exact) mass is 407 g/mol. The van der Waals surface area contributed by atoms with Gasteiger partial charge in [-0.1, -0.05) is 38.1 Å². The molecule has 2 rings (SSSR count). The lowest BCUT2D eigenvalue weighted by molar-refractivity contribution is -0.115. The molecule has 0 saturated carbocycles. The normalized spacial score (nSPS) is 12.8. The number of hydrogen-bond donors (Lipinski definition) is 2. The van der Waals surface area contributed by atoms with Crippen molar-refractivity contribution in [3.05, 3.63) is 59.9 Å². The van der Waals surface area contributed by atoms with Crippen LogP contribution in [-0.2, 0) is 14.8 Å². The summed E-state index contributed by atoms with van der Waals surface area (Å²) in [6.45, 7) is 6.28. The molecule has 1 atom stereocenters. The van der Waals surface area contributed by atoms with E-state index in [1.54, 1.807) is 50.2 Å². The maximum absolute atomic E-state index is 13.6. The van der Waals surface area contributed by atoms with Crippen LogP contribution in [0.1, 0.15) is 32.4 Å². The summed E-state index contributed by atoms with van der Waals surface area (Å²) in [6.07, 6.45) is 0. The molecule has 2 aromatic rings. The second-order valence-corrected chi connectivity index (χ2v) is 8.23. The smallest absolute Gasteiger partial charge is 0.243 e. The number of nitrogens with one attached hydrogen (secondary N) is 2. The van der Waals surface area contributed by atoms with Gasteiger partial charge in [-0.3, -0.25) is 4.79 Å². The lowest BCUT2D eigenvalue weighted by Crippen LogP contribution is -2.31. The summed E-state index contributed by atoms with van der Waals surface area (Å²) < 4.78 is 40.0. The summed E-state index contributed by atoms with van der Waals surface area (Å²) in [5.41, 5.74) is 0.977. The maximum atomic E-state index is 13.6. The number of rotatable bonds is 9. The molecule has 8 heteroatoms. The molecule has 1 amide bonds. The first-order chi connectivity index (χ1) is 13.3. The number of amides is 1. The Labute approximate surface area is 165 Å². The van der Waals surface area contributed by atoms with Crippen molar-refractivity contribution < 1.29 is 17.6 Å². The van der Waals surface area contributed by atoms with E-state index in [2.05, 4.69) is 10.6 Å². The topological polar surface area (TPSA) is 78.5 Å². The molecule has 2 N–H and O–H groups in total. The first-order valence-corrected chi connectivity index (χ1v) is 10.6. The molecular weight excluding hydrogens is 381 g/mol. The number of benzene rings is 2. The van der Waals surface area contributed by atoms with Gasteiger partial charge in [0.05, 0.1) is 17.1 Å². The number of nitrogens with zero attached hydrogens (tertiary/aromatic N) is 1. The number of carbonyl (C=O) groups excluding carboxylic acids is 1. The summed E-state index contributed by atoms with van der Waals surface area (Å²) in [5.74, 6) is -0.855. The summed E-state index contributed by atoms with van der Waals surface area (Å²) in [6, 6.07) is 12.4. The molecule has 0 bridgehead atoms. The predicted molar refractivity (Wildman–Crippen MR) is 108 cm³/mol. The Bertz CT molecular complexity index is 897. The molecule has 0 spiro atoms. The van der Waals surface area contributed by atoms with Crippen molar-refractivity contribution >= 4 is 21.6 Å². The third kappa shape index (κ3) is 5.37. The maximum Gasteiger partial charge on any atom is 0.243 e. The Balaban J connectivity index is 1.97. The molecule has 0 aliphatic heterocycles. The van der Waals surface area contributed by atoms with Crippen molar-refractivity contribution in [2.24, 2.45) is 0 Å². The Morgan fingerprint density at radius 3 is 2.25 bits per heavy atom. The van der Waals surface area contributed by atoms with Crippen molar-refractivity contribution in [2.75, 3.05) is 25.0 Å². The highest BCUT2D eigenvalue weighted by molar-refractivity contribution is 7.89. The standard InChI is InChI=1S/C20H26FN3O3S/c1-4-24(5-2)28(26,27)17-12-10-16(11-13-17)15(3)22-14-20(25)23-19-9-7-6-8-18(19)21/h6-13,15,22H,4-5,14H2,1-3H3,(H,23,25)/t15-/m1/s1. The molecule has 152 valence electrons. The van der Waals surface area contributed by atoms with Crippen molar-refractivity contribution in [1.82, 2.24) is 9.62 Å². The van der Waals surface area contributed by atoms with E-state index in [4.69, 9.17) is 0 Å². The second-order valence-electron chi connectivity index (χ2n) is 6.29. The third-order valence-corrected chi connectivity index (χ3v) is 6.50. The average Bonchev–Trinajstić information content (AvgIpc) is 2.68. The molecule has 0 saturated heterocycles. The molecule has 6 nitrogen and oxygen atoms in total. The number of sulfonamides is 1. The number of halogens is 1. The highest BCUT2D eigenvalue weighted by Gasteiger charge is 2.21. The highest BCUT2D eigenvalue weighted by Crippen LogP contribution is 2.19. The van der Waals surface area contributed by atoms with E-state index in [0.29, 0.717) is 13.1 Å². The summed E-state index contributed by atoms with van der Waals surface area (Å²) in [7, 11) is -3.49. The van der Waals surface area contributed by atoms with E-state index in [1.165, 1.54) is 16.4 Å². The lowest BCUT2D eigenvalue weighted by Gasteiger charge is -2.19. The quantitative estimate of drug-likeness (QED) is 0.669. The van der Waals surface area contributed by atoms with Gasteiger partial charge in [-0.05, 0) is 36.8 Å². The van der Waals surface area contributed by atoms with Gasteiger partial charge in [0, 0.05) is 19.1 Å². The minimum Gasteiger partial charge on any atom is -0.322 e. The largest absolute Gasteiger partial charge is 0.322 e. The fraction of sp³-hybridized carbons (Fsp3) is 0.350. The average molecular weight is 408 g/mol. The van der Waals surface area contributed by atoms with E-state index < -0.39 is 15.8 Å². The third-order valence-electron chi connectivity index (χ3n) is 4.44.